The molecule has 5 rings (SSSR count). The molecule has 4 heterocycles. The third kappa shape index (κ3) is 6.14. The molecule has 7 nitrogen and oxygen atoms in total. The van der Waals surface area contributed by atoms with E-state index < -0.39 is 21.7 Å². The van der Waals surface area contributed by atoms with Gasteiger partial charge in [0.25, 0.3) is 15.9 Å². The predicted octanol–water partition coefficient (Wildman–Crippen LogP) is 4.22. The monoisotopic (exact) mass is 520 g/mol. The third-order valence-corrected chi connectivity index (χ3v) is 9.60. The molecule has 4 atom stereocenters. The fourth-order valence-corrected chi connectivity index (χ4v) is 7.15. The number of likely N-dealkylation sites (tertiary alicyclic amines) is 1. The number of piperidine rings is 1. The largest absolute Gasteiger partial charge is 0.347 e. The summed E-state index contributed by atoms with van der Waals surface area (Å²) in [7, 11) is -3.55. The van der Waals surface area contributed by atoms with Gasteiger partial charge in [-0.15, -0.1) is 11.3 Å². The van der Waals surface area contributed by atoms with Crippen LogP contribution in [0.4, 0.5) is 0 Å². The van der Waals surface area contributed by atoms with E-state index in [2.05, 4.69) is 44.0 Å². The van der Waals surface area contributed by atoms with Crippen LogP contribution in [0.2, 0.25) is 0 Å². The summed E-state index contributed by atoms with van der Waals surface area (Å²) in [5.41, 5.74) is 1.61. The smallest absolute Gasteiger partial charge is 0.266 e. The molecule has 35 heavy (non-hydrogen) atoms. The van der Waals surface area contributed by atoms with Crippen molar-refractivity contribution in [3.05, 3.63) is 51.7 Å². The molecule has 2 saturated heterocycles. The van der Waals surface area contributed by atoms with Crippen molar-refractivity contribution in [3.8, 4) is 0 Å². The van der Waals surface area contributed by atoms with Gasteiger partial charge < -0.3 is 14.4 Å². The molecular weight excluding hydrogens is 484 g/mol. The fraction of sp³-hybridized carbons (Fsp3) is 0.577. The van der Waals surface area contributed by atoms with Crippen molar-refractivity contribution in [2.24, 2.45) is 11.8 Å². The van der Waals surface area contributed by atoms with Crippen molar-refractivity contribution < 1.29 is 22.7 Å². The molecule has 1 aromatic carbocycles. The Kier molecular flexibility index (Phi) is 8.02. The molecule has 1 N–H and O–H groups in total. The second kappa shape index (κ2) is 10.7. The first-order chi connectivity index (χ1) is 16.6. The minimum atomic E-state index is -3.55. The summed E-state index contributed by atoms with van der Waals surface area (Å²) in [4.78, 5) is 15.1. The molecule has 2 fully saturated rings. The molecule has 3 aliphatic heterocycles. The zero-order valence-electron chi connectivity index (χ0n) is 21.0. The summed E-state index contributed by atoms with van der Waals surface area (Å²) in [6.07, 6.45) is 3.94. The number of ether oxygens (including phenoxy) is 2. The van der Waals surface area contributed by atoms with Gasteiger partial charge in [0.15, 0.2) is 5.79 Å². The molecule has 4 unspecified atom stereocenters. The molecule has 0 aliphatic carbocycles. The summed E-state index contributed by atoms with van der Waals surface area (Å²) in [5, 5.41) is 2.18. The average Bonchev–Trinajstić information content (AvgIpc) is 3.46. The van der Waals surface area contributed by atoms with Crippen LogP contribution in [-0.4, -0.2) is 57.4 Å². The number of carbonyl (C=O) groups is 1. The normalized spacial score (nSPS) is 28.6. The highest BCUT2D eigenvalue weighted by atomic mass is 32.2. The number of amides is 1. The van der Waals surface area contributed by atoms with Crippen LogP contribution in [0.1, 0.15) is 54.4 Å². The quantitative estimate of drug-likeness (QED) is 0.636. The van der Waals surface area contributed by atoms with E-state index in [1.54, 1.807) is 12.1 Å². The van der Waals surface area contributed by atoms with Crippen LogP contribution >= 0.6 is 11.3 Å². The van der Waals surface area contributed by atoms with Crippen LogP contribution in [0, 0.1) is 18.8 Å². The summed E-state index contributed by atoms with van der Waals surface area (Å²) in [5.74, 6) is 0.191. The number of carbonyl (C=O) groups excluding carboxylic acids is 1. The van der Waals surface area contributed by atoms with Gasteiger partial charge in [0.05, 0.1) is 18.3 Å². The lowest BCUT2D eigenvalue weighted by molar-refractivity contribution is -0.188. The Balaban J connectivity index is 0.000000201. The Hall–Kier alpha value is -1.78. The maximum atomic E-state index is 11.1. The number of benzene rings is 1. The third-order valence-electron chi connectivity index (χ3n) is 7.16. The highest BCUT2D eigenvalue weighted by Gasteiger charge is 2.42. The Morgan fingerprint density at radius 1 is 1.29 bits per heavy atom. The second-order valence-corrected chi connectivity index (χ2v) is 12.8. The van der Waals surface area contributed by atoms with Gasteiger partial charge in [-0.05, 0) is 74.7 Å². The van der Waals surface area contributed by atoms with Crippen LogP contribution in [0.15, 0.2) is 40.6 Å². The average molecular weight is 521 g/mol. The molecule has 3 aliphatic rings. The van der Waals surface area contributed by atoms with E-state index in [0.717, 1.165) is 25.5 Å². The van der Waals surface area contributed by atoms with Crippen molar-refractivity contribution in [2.75, 3.05) is 26.2 Å². The topological polar surface area (TPSA) is 84.9 Å². The van der Waals surface area contributed by atoms with E-state index in [1.807, 2.05) is 16.1 Å². The van der Waals surface area contributed by atoms with E-state index in [0.29, 0.717) is 5.92 Å². The lowest BCUT2D eigenvalue weighted by Gasteiger charge is -2.33. The number of hydrogen-bond donors (Lipinski definition) is 1. The van der Waals surface area contributed by atoms with Crippen LogP contribution in [0.25, 0.3) is 0 Å². The molecule has 9 heteroatoms. The van der Waals surface area contributed by atoms with Gasteiger partial charge in [-0.1, -0.05) is 26.0 Å². The number of thiophene rings is 1. The SMILES string of the molecule is Cc1ccsc1CC(C)C1(C)OCC(CN2CCCC(C)C2)O1.O=C1NS(=O)(=O)c2ccccc21. The van der Waals surface area contributed by atoms with Crippen molar-refractivity contribution >= 4 is 27.3 Å². The lowest BCUT2D eigenvalue weighted by atomic mass is 9.96. The van der Waals surface area contributed by atoms with Gasteiger partial charge in [0.1, 0.15) is 4.90 Å². The predicted molar refractivity (Wildman–Crippen MR) is 137 cm³/mol. The van der Waals surface area contributed by atoms with E-state index in [9.17, 15) is 13.2 Å². The molecule has 0 saturated carbocycles. The molecule has 1 amide bonds. The zero-order valence-corrected chi connectivity index (χ0v) is 22.6. The standard InChI is InChI=1S/C19H31NO2S.C7H5NO3S/c1-14-6-5-8-20(11-14)12-17-13-21-19(4,22-17)16(3)10-18-15(2)7-9-23-18;9-7-5-3-1-2-4-6(5)12(10,11)8-7/h7,9,14,16-17H,5-6,8,10-13H2,1-4H3;1-4H,(H,8,9). The van der Waals surface area contributed by atoms with Gasteiger partial charge >= 0.3 is 0 Å². The minimum absolute atomic E-state index is 0.0648. The minimum Gasteiger partial charge on any atom is -0.347 e. The van der Waals surface area contributed by atoms with Crippen LogP contribution in [0.5, 0.6) is 0 Å². The van der Waals surface area contributed by atoms with Gasteiger partial charge in [-0.3, -0.25) is 4.79 Å². The van der Waals surface area contributed by atoms with Crippen LogP contribution < -0.4 is 4.72 Å². The highest BCUT2D eigenvalue weighted by molar-refractivity contribution is 7.90. The number of rotatable bonds is 5. The van der Waals surface area contributed by atoms with Crippen molar-refractivity contribution in [3.63, 3.8) is 0 Å². The number of hydrogen-bond acceptors (Lipinski definition) is 7. The maximum Gasteiger partial charge on any atom is 0.266 e. The first-order valence-corrected chi connectivity index (χ1v) is 14.7. The Morgan fingerprint density at radius 3 is 2.74 bits per heavy atom. The van der Waals surface area contributed by atoms with Crippen LogP contribution in [0.3, 0.4) is 0 Å². The highest BCUT2D eigenvalue weighted by Crippen LogP contribution is 2.35. The molecule has 192 valence electrons. The van der Waals surface area contributed by atoms with Crippen LogP contribution in [-0.2, 0) is 25.9 Å². The zero-order chi connectivity index (χ0) is 25.2. The molecule has 2 aromatic rings. The van der Waals surface area contributed by atoms with E-state index >= 15 is 0 Å². The molecule has 0 spiro atoms. The van der Waals surface area contributed by atoms with E-state index in [1.165, 1.54) is 48.5 Å². The summed E-state index contributed by atoms with van der Waals surface area (Å²) in [6, 6.07) is 8.29. The molecule has 0 bridgehead atoms. The number of nitrogens with one attached hydrogen (secondary N) is 1. The van der Waals surface area contributed by atoms with Crippen molar-refractivity contribution in [1.82, 2.24) is 9.62 Å². The fourth-order valence-electron chi connectivity index (χ4n) is 4.94. The summed E-state index contributed by atoms with van der Waals surface area (Å²) < 4.78 is 36.7. The van der Waals surface area contributed by atoms with Gasteiger partial charge in [0.2, 0.25) is 0 Å². The van der Waals surface area contributed by atoms with E-state index in [4.69, 9.17) is 9.47 Å². The molecule has 0 radical (unpaired) electrons. The number of aryl methyl sites for hydroxylation is 1. The molecular formula is C26H36N2O5S2. The van der Waals surface area contributed by atoms with E-state index in [-0.39, 0.29) is 16.6 Å². The maximum absolute atomic E-state index is 11.1. The number of nitrogens with zero attached hydrogens (tertiary/aromatic N) is 1. The first kappa shape index (κ1) is 26.3. The Bertz CT molecular complexity index is 1150. The van der Waals surface area contributed by atoms with Gasteiger partial charge in [0, 0.05) is 23.9 Å². The van der Waals surface area contributed by atoms with Gasteiger partial charge in [-0.2, -0.15) is 0 Å². The Labute approximate surface area is 212 Å². The lowest BCUT2D eigenvalue weighted by Crippen LogP contribution is -2.42. The Morgan fingerprint density at radius 2 is 2.06 bits per heavy atom. The number of sulfonamides is 1. The summed E-state index contributed by atoms with van der Waals surface area (Å²) in [6.45, 7) is 13.1. The summed E-state index contributed by atoms with van der Waals surface area (Å²) >= 11 is 1.85. The molecule has 1 aromatic heterocycles. The van der Waals surface area contributed by atoms with Crippen molar-refractivity contribution in [1.29, 1.82) is 0 Å². The second-order valence-electron chi connectivity index (χ2n) is 10.1. The number of fused-ring (bicyclic) bond motifs is 1. The first-order valence-electron chi connectivity index (χ1n) is 12.3. The van der Waals surface area contributed by atoms with Crippen molar-refractivity contribution in [2.45, 2.75) is 63.7 Å². The van der Waals surface area contributed by atoms with Gasteiger partial charge in [-0.25, -0.2) is 13.1 Å².